The average Bonchev–Trinajstić information content (AvgIpc) is 3.37. The highest BCUT2D eigenvalue weighted by molar-refractivity contribution is 8.03. The van der Waals surface area contributed by atoms with Crippen LogP contribution in [0.3, 0.4) is 0 Å². The maximum atomic E-state index is 13.6. The normalized spacial score (nSPS) is 22.4. The molecule has 1 fully saturated rings. The average molecular weight is 380 g/mol. The number of aryl methyl sites for hydroxylation is 1. The van der Waals surface area contributed by atoms with Crippen molar-refractivity contribution in [2.45, 2.75) is 42.1 Å². The van der Waals surface area contributed by atoms with Crippen LogP contribution in [0.25, 0.3) is 0 Å². The molecule has 0 aliphatic carbocycles. The van der Waals surface area contributed by atoms with Crippen molar-refractivity contribution in [2.75, 3.05) is 0 Å². The molecular weight excluding hydrogens is 358 g/mol. The predicted molar refractivity (Wildman–Crippen MR) is 97.1 cm³/mol. The van der Waals surface area contributed by atoms with Crippen LogP contribution >= 0.6 is 0 Å². The molecule has 1 saturated heterocycles. The van der Waals surface area contributed by atoms with Gasteiger partial charge in [-0.15, -0.1) is 0 Å². The van der Waals surface area contributed by atoms with Gasteiger partial charge in [0.2, 0.25) is 0 Å². The van der Waals surface area contributed by atoms with Crippen LogP contribution in [0.15, 0.2) is 68.2 Å². The summed E-state index contributed by atoms with van der Waals surface area (Å²) in [6.07, 6.45) is -0.260. The van der Waals surface area contributed by atoms with Crippen molar-refractivity contribution >= 4 is 19.8 Å². The molecule has 0 saturated carbocycles. The van der Waals surface area contributed by atoms with E-state index >= 15 is 0 Å². The molecule has 1 aliphatic heterocycles. The number of ether oxygens (including phenoxy) is 1. The molecule has 0 radical (unpaired) electrons. The Morgan fingerprint density at radius 1 is 0.920 bits per heavy atom. The van der Waals surface area contributed by atoms with E-state index < -0.39 is 25.2 Å². The second kappa shape index (κ2) is 6.55. The summed E-state index contributed by atoms with van der Waals surface area (Å²) in [5, 5.41) is 0. The van der Waals surface area contributed by atoms with Gasteiger partial charge < -0.3 is 4.74 Å². The molecule has 2 aromatic carbocycles. The Balaban J connectivity index is 2.14. The lowest BCUT2D eigenvalue weighted by molar-refractivity contribution is 0.350. The van der Waals surface area contributed by atoms with Crippen molar-refractivity contribution in [3.8, 4) is 0 Å². The van der Waals surface area contributed by atoms with Crippen LogP contribution in [0.5, 0.6) is 0 Å². The maximum absolute atomic E-state index is 13.6. The summed E-state index contributed by atoms with van der Waals surface area (Å²) in [5.74, 6) is 0.131. The fourth-order valence-corrected chi connectivity index (χ4v) is 7.02. The minimum atomic E-state index is -4.07. The second-order valence-corrected chi connectivity index (χ2v) is 10.5. The Bertz CT molecular complexity index is 973. The molecule has 5 nitrogen and oxygen atoms in total. The molecule has 25 heavy (non-hydrogen) atoms. The van der Waals surface area contributed by atoms with Crippen molar-refractivity contribution in [2.24, 2.45) is 9.69 Å². The molecule has 0 amide bonds. The topological polar surface area (TPSA) is 76.1 Å². The van der Waals surface area contributed by atoms with Crippen LogP contribution in [0.4, 0.5) is 0 Å². The van der Waals surface area contributed by atoms with Crippen LogP contribution in [-0.2, 0) is 24.5 Å². The van der Waals surface area contributed by atoms with Gasteiger partial charge in [0.15, 0.2) is 5.44 Å². The smallest absolute Gasteiger partial charge is 0.290 e. The van der Waals surface area contributed by atoms with E-state index in [0.717, 1.165) is 5.56 Å². The van der Waals surface area contributed by atoms with Crippen molar-refractivity contribution in [1.82, 2.24) is 0 Å². The molecule has 0 bridgehead atoms. The monoisotopic (exact) mass is 379 g/mol. The number of nitrogens with zero attached hydrogens (tertiary/aromatic N) is 1. The highest BCUT2D eigenvalue weighted by Crippen LogP contribution is 2.39. The Labute approximate surface area is 149 Å². The highest BCUT2D eigenvalue weighted by atomic mass is 32.3. The quantitative estimate of drug-likeness (QED) is 0.744. The number of rotatable bonds is 5. The summed E-state index contributed by atoms with van der Waals surface area (Å²) < 4.78 is 48.6. The zero-order valence-electron chi connectivity index (χ0n) is 14.3. The van der Waals surface area contributed by atoms with E-state index in [-0.39, 0.29) is 16.9 Å². The predicted octanol–water partition coefficient (Wildman–Crippen LogP) is 3.59. The second-order valence-electron chi connectivity index (χ2n) is 6.46. The number of hydrogen-bond acceptors (Lipinski definition) is 4. The first-order valence-electron chi connectivity index (χ1n) is 8.03. The standard InChI is InChI=1S/C18H21NO4S2/c1-13(2)17-18(23-17)24(20,15-7-5-4-6-8-15)19-25(21,22)16-11-9-14(3)10-12-16/h4-13,17-18H,1-3H3/t17-,18+,24+/m1/s1. The molecule has 1 heterocycles. The number of benzene rings is 2. The first kappa shape index (κ1) is 18.1. The third-order valence-electron chi connectivity index (χ3n) is 4.06. The molecule has 134 valence electrons. The van der Waals surface area contributed by atoms with E-state index in [9.17, 15) is 12.6 Å². The molecule has 0 spiro atoms. The van der Waals surface area contributed by atoms with Gasteiger partial charge in [0.05, 0.1) is 9.79 Å². The zero-order valence-corrected chi connectivity index (χ0v) is 16.0. The van der Waals surface area contributed by atoms with Gasteiger partial charge in [-0.3, -0.25) is 0 Å². The lowest BCUT2D eigenvalue weighted by Gasteiger charge is -2.09. The fourth-order valence-electron chi connectivity index (χ4n) is 2.57. The SMILES string of the molecule is Cc1ccc(S(=O)(=O)N=[S@](=O)(c2ccccc2)[C@@H]2O[C@@H]2C(C)C)cc1. The van der Waals surface area contributed by atoms with Crippen LogP contribution in [0, 0.1) is 12.8 Å². The Morgan fingerprint density at radius 3 is 2.04 bits per heavy atom. The van der Waals surface area contributed by atoms with Gasteiger partial charge in [0, 0.05) is 0 Å². The summed E-state index contributed by atoms with van der Waals surface area (Å²) in [4.78, 5) is 0.405. The van der Waals surface area contributed by atoms with E-state index in [0.29, 0.717) is 4.90 Å². The number of epoxide rings is 1. The van der Waals surface area contributed by atoms with Crippen LogP contribution in [0.1, 0.15) is 19.4 Å². The summed E-state index contributed by atoms with van der Waals surface area (Å²) in [6.45, 7) is 5.76. The van der Waals surface area contributed by atoms with Gasteiger partial charge in [0.25, 0.3) is 10.0 Å². The molecule has 3 atom stereocenters. The molecular formula is C18H21NO4S2. The molecule has 2 aromatic rings. The Morgan fingerprint density at radius 2 is 1.52 bits per heavy atom. The summed E-state index contributed by atoms with van der Waals surface area (Å²) in [6, 6.07) is 14.8. The van der Waals surface area contributed by atoms with Gasteiger partial charge in [0.1, 0.15) is 15.8 Å². The summed E-state index contributed by atoms with van der Waals surface area (Å²) in [5.41, 5.74) is 0.225. The van der Waals surface area contributed by atoms with E-state index in [1.165, 1.54) is 12.1 Å². The van der Waals surface area contributed by atoms with E-state index in [1.807, 2.05) is 20.8 Å². The number of sulfonamides is 1. The largest absolute Gasteiger partial charge is 0.354 e. The molecule has 3 rings (SSSR count). The third kappa shape index (κ3) is 3.63. The Kier molecular flexibility index (Phi) is 4.74. The molecule has 7 heteroatoms. The van der Waals surface area contributed by atoms with E-state index in [4.69, 9.17) is 4.74 Å². The van der Waals surface area contributed by atoms with Crippen molar-refractivity contribution in [3.05, 3.63) is 60.2 Å². The van der Waals surface area contributed by atoms with Gasteiger partial charge in [-0.25, -0.2) is 4.21 Å². The van der Waals surface area contributed by atoms with Crippen molar-refractivity contribution < 1.29 is 17.4 Å². The van der Waals surface area contributed by atoms with E-state index in [1.54, 1.807) is 42.5 Å². The van der Waals surface area contributed by atoms with Crippen LogP contribution in [-0.4, -0.2) is 24.2 Å². The lowest BCUT2D eigenvalue weighted by Crippen LogP contribution is -2.16. The van der Waals surface area contributed by atoms with Crippen molar-refractivity contribution in [3.63, 3.8) is 0 Å². The summed E-state index contributed by atoms with van der Waals surface area (Å²) in [7, 11) is -7.34. The molecule has 1 aliphatic rings. The van der Waals surface area contributed by atoms with Crippen LogP contribution in [0.2, 0.25) is 0 Å². The molecule has 0 N–H and O–H groups in total. The zero-order chi connectivity index (χ0) is 18.2. The lowest BCUT2D eigenvalue weighted by atomic mass is 10.2. The highest BCUT2D eigenvalue weighted by Gasteiger charge is 2.50. The minimum Gasteiger partial charge on any atom is -0.354 e. The molecule has 0 unspecified atom stereocenters. The van der Waals surface area contributed by atoms with Crippen LogP contribution < -0.4 is 0 Å². The number of hydrogen-bond donors (Lipinski definition) is 0. The summed E-state index contributed by atoms with van der Waals surface area (Å²) >= 11 is 0. The van der Waals surface area contributed by atoms with Gasteiger partial charge in [-0.05, 0) is 37.1 Å². The van der Waals surface area contributed by atoms with Crippen molar-refractivity contribution in [1.29, 1.82) is 0 Å². The first-order valence-corrected chi connectivity index (χ1v) is 11.1. The third-order valence-corrected chi connectivity index (χ3v) is 8.56. The Hall–Kier alpha value is -1.70. The first-order chi connectivity index (χ1) is 11.7. The maximum Gasteiger partial charge on any atom is 0.290 e. The molecule has 0 aromatic heterocycles. The van der Waals surface area contributed by atoms with Gasteiger partial charge in [-0.2, -0.15) is 8.42 Å². The minimum absolute atomic E-state index is 0.0310. The van der Waals surface area contributed by atoms with Gasteiger partial charge >= 0.3 is 0 Å². The van der Waals surface area contributed by atoms with E-state index in [2.05, 4.69) is 3.77 Å². The van der Waals surface area contributed by atoms with Gasteiger partial charge in [-0.1, -0.05) is 53.5 Å². The fraction of sp³-hybridized carbons (Fsp3) is 0.333.